The molecule has 0 unspecified atom stereocenters. The summed E-state index contributed by atoms with van der Waals surface area (Å²) in [5, 5.41) is 0. The van der Waals surface area contributed by atoms with E-state index >= 15 is 0 Å². The molecule has 0 saturated heterocycles. The van der Waals surface area contributed by atoms with E-state index in [1.54, 1.807) is 6.92 Å². The van der Waals surface area contributed by atoms with Crippen molar-refractivity contribution < 1.29 is 0 Å². The Morgan fingerprint density at radius 3 is 2.36 bits per heavy atom. The fraction of sp³-hybridized carbons (Fsp3) is 0.182. The smallest absolute Gasteiger partial charge is 0.138 e. The molecule has 2 N–H and O–H groups in total. The fourth-order valence-corrected chi connectivity index (χ4v) is 1.05. The lowest BCUT2D eigenvalue weighted by Gasteiger charge is -2.03. The fourth-order valence-electron chi connectivity index (χ4n) is 1.05. The first kappa shape index (κ1) is 10.3. The Kier molecular flexibility index (Phi) is 3.29. The highest BCUT2D eigenvalue weighted by Gasteiger charge is 1.96. The maximum absolute atomic E-state index is 5.54. The van der Waals surface area contributed by atoms with Gasteiger partial charge in [-0.15, -0.1) is 0 Å². The molecule has 0 aliphatic heterocycles. The number of aliphatic imine (C=N–C) groups is 1. The third-order valence-corrected chi connectivity index (χ3v) is 1.54. The van der Waals surface area contributed by atoms with Crippen LogP contribution in [0.15, 0.2) is 47.7 Å². The van der Waals surface area contributed by atoms with Crippen LogP contribution >= 0.6 is 0 Å². The Labute approximate surface area is 84.3 Å². The first-order chi connectivity index (χ1) is 6.59. The normalized spacial score (nSPS) is 13.0. The maximum atomic E-state index is 5.54. The van der Waals surface area contributed by atoms with Crippen molar-refractivity contribution in [3.05, 3.63) is 42.8 Å². The van der Waals surface area contributed by atoms with Gasteiger partial charge in [0.2, 0.25) is 0 Å². The molecule has 1 aromatic rings. The predicted octanol–water partition coefficient (Wildman–Crippen LogP) is 2.24. The zero-order chi connectivity index (χ0) is 10.6. The summed E-state index contributed by atoms with van der Waals surface area (Å²) in [6, 6.07) is 3.88. The number of allylic oxidation sites excluding steroid dienone is 2. The van der Waals surface area contributed by atoms with Crippen LogP contribution in [-0.2, 0) is 0 Å². The second-order valence-corrected chi connectivity index (χ2v) is 3.19. The lowest BCUT2D eigenvalue weighted by Crippen LogP contribution is -2.06. The van der Waals surface area contributed by atoms with Crippen LogP contribution in [-0.4, -0.2) is 10.4 Å². The number of hydrogen-bond donors (Lipinski definition) is 1. The van der Waals surface area contributed by atoms with Crippen molar-refractivity contribution in [2.24, 2.45) is 10.7 Å². The number of rotatable bonds is 3. The van der Waals surface area contributed by atoms with Crippen LogP contribution in [0.2, 0.25) is 0 Å². The molecule has 1 heterocycles. The average Bonchev–Trinajstić information content (AvgIpc) is 2.52. The van der Waals surface area contributed by atoms with E-state index < -0.39 is 0 Å². The van der Waals surface area contributed by atoms with Crippen molar-refractivity contribution in [1.82, 2.24) is 4.57 Å². The van der Waals surface area contributed by atoms with E-state index in [2.05, 4.69) is 11.6 Å². The molecular formula is C11H15N3. The summed E-state index contributed by atoms with van der Waals surface area (Å²) in [5.74, 6) is 1.31. The van der Waals surface area contributed by atoms with Crippen LogP contribution < -0.4 is 5.73 Å². The minimum Gasteiger partial charge on any atom is -0.387 e. The van der Waals surface area contributed by atoms with Gasteiger partial charge in [0.05, 0.1) is 5.84 Å². The van der Waals surface area contributed by atoms with Crippen LogP contribution in [0.4, 0.5) is 0 Å². The number of amidine groups is 1. The van der Waals surface area contributed by atoms with Gasteiger partial charge in [0.25, 0.3) is 0 Å². The van der Waals surface area contributed by atoms with Gasteiger partial charge in [-0.05, 0) is 32.1 Å². The van der Waals surface area contributed by atoms with E-state index in [4.69, 9.17) is 5.73 Å². The largest absolute Gasteiger partial charge is 0.387 e. The maximum Gasteiger partial charge on any atom is 0.138 e. The molecule has 0 amide bonds. The van der Waals surface area contributed by atoms with Crippen molar-refractivity contribution in [1.29, 1.82) is 0 Å². The quantitative estimate of drug-likeness (QED) is 0.442. The lowest BCUT2D eigenvalue weighted by atomic mass is 10.3. The number of hydrogen-bond acceptors (Lipinski definition) is 1. The first-order valence-corrected chi connectivity index (χ1v) is 4.41. The number of nitrogens with zero attached hydrogens (tertiary/aromatic N) is 2. The van der Waals surface area contributed by atoms with Crippen LogP contribution in [0, 0.1) is 0 Å². The van der Waals surface area contributed by atoms with Crippen LogP contribution in [0.1, 0.15) is 13.8 Å². The molecule has 0 spiro atoms. The van der Waals surface area contributed by atoms with Gasteiger partial charge in [0, 0.05) is 12.4 Å². The Morgan fingerprint density at radius 2 is 1.93 bits per heavy atom. The molecular weight excluding hydrogens is 174 g/mol. The molecule has 0 fully saturated rings. The summed E-state index contributed by atoms with van der Waals surface area (Å²) in [7, 11) is 0. The molecule has 3 nitrogen and oxygen atoms in total. The minimum absolute atomic E-state index is 0.534. The van der Waals surface area contributed by atoms with Gasteiger partial charge in [-0.2, -0.15) is 0 Å². The molecule has 0 radical (unpaired) electrons. The molecule has 14 heavy (non-hydrogen) atoms. The van der Waals surface area contributed by atoms with Crippen LogP contribution in [0.5, 0.6) is 0 Å². The molecule has 74 valence electrons. The number of nitrogens with two attached hydrogens (primary N) is 1. The van der Waals surface area contributed by atoms with E-state index in [-0.39, 0.29) is 0 Å². The molecule has 0 aliphatic carbocycles. The molecule has 0 bridgehead atoms. The molecule has 0 atom stereocenters. The van der Waals surface area contributed by atoms with E-state index in [9.17, 15) is 0 Å². The van der Waals surface area contributed by atoms with Crippen molar-refractivity contribution >= 4 is 11.7 Å². The molecule has 0 saturated carbocycles. The van der Waals surface area contributed by atoms with E-state index in [1.807, 2.05) is 42.1 Å². The second-order valence-electron chi connectivity index (χ2n) is 3.19. The zero-order valence-electron chi connectivity index (χ0n) is 8.57. The second kappa shape index (κ2) is 4.46. The van der Waals surface area contributed by atoms with Crippen LogP contribution in [0.25, 0.3) is 5.82 Å². The van der Waals surface area contributed by atoms with E-state index in [1.165, 1.54) is 0 Å². The highest BCUT2D eigenvalue weighted by atomic mass is 15.1. The van der Waals surface area contributed by atoms with Crippen molar-refractivity contribution in [2.75, 3.05) is 0 Å². The Balaban J connectivity index is 3.07. The zero-order valence-corrected chi connectivity index (χ0v) is 8.57. The van der Waals surface area contributed by atoms with Crippen molar-refractivity contribution in [3.63, 3.8) is 0 Å². The number of aromatic nitrogens is 1. The Bertz CT molecular complexity index is 365. The average molecular weight is 189 g/mol. The van der Waals surface area contributed by atoms with Gasteiger partial charge in [-0.3, -0.25) is 0 Å². The van der Waals surface area contributed by atoms with Gasteiger partial charge in [-0.1, -0.05) is 12.2 Å². The van der Waals surface area contributed by atoms with Gasteiger partial charge >= 0.3 is 0 Å². The highest BCUT2D eigenvalue weighted by molar-refractivity contribution is 5.82. The van der Waals surface area contributed by atoms with Crippen LogP contribution in [0.3, 0.4) is 0 Å². The topological polar surface area (TPSA) is 43.3 Å². The molecule has 0 aliphatic rings. The lowest BCUT2D eigenvalue weighted by molar-refractivity contribution is 1.07. The molecule has 1 aromatic heterocycles. The molecule has 3 heteroatoms. The Hall–Kier alpha value is -1.77. The summed E-state index contributed by atoms with van der Waals surface area (Å²) in [6.45, 7) is 7.49. The molecule has 1 rings (SSSR count). The summed E-state index contributed by atoms with van der Waals surface area (Å²) in [6.07, 6.45) is 5.72. The summed E-state index contributed by atoms with van der Waals surface area (Å²) >= 11 is 0. The predicted molar refractivity (Wildman–Crippen MR) is 60.8 cm³/mol. The van der Waals surface area contributed by atoms with Gasteiger partial charge in [0.1, 0.15) is 5.82 Å². The first-order valence-electron chi connectivity index (χ1n) is 4.41. The third-order valence-electron chi connectivity index (χ3n) is 1.54. The van der Waals surface area contributed by atoms with Gasteiger partial charge in [0.15, 0.2) is 0 Å². The van der Waals surface area contributed by atoms with Gasteiger partial charge < -0.3 is 10.3 Å². The summed E-state index contributed by atoms with van der Waals surface area (Å²) in [5.41, 5.74) is 6.48. The Morgan fingerprint density at radius 1 is 1.36 bits per heavy atom. The standard InChI is InChI=1S/C11H15N3/c1-9(2)8-11(13-10(3)12)14-6-4-5-7-14/h4-8H,1H2,2-3H3,(H2,12,13)/b11-8+. The van der Waals surface area contributed by atoms with E-state index in [0.717, 1.165) is 11.4 Å². The summed E-state index contributed by atoms with van der Waals surface area (Å²) in [4.78, 5) is 4.22. The minimum atomic E-state index is 0.534. The third kappa shape index (κ3) is 2.94. The SMILES string of the molecule is C=C(C)/C=C(\N=C(/C)N)n1cccc1. The monoisotopic (exact) mass is 189 g/mol. The highest BCUT2D eigenvalue weighted by Crippen LogP contribution is 2.09. The van der Waals surface area contributed by atoms with Crippen molar-refractivity contribution in [2.45, 2.75) is 13.8 Å². The summed E-state index contributed by atoms with van der Waals surface area (Å²) < 4.78 is 1.89. The van der Waals surface area contributed by atoms with Gasteiger partial charge in [-0.25, -0.2) is 4.99 Å². The van der Waals surface area contributed by atoms with E-state index in [0.29, 0.717) is 5.84 Å². The molecule has 0 aromatic carbocycles. The van der Waals surface area contributed by atoms with Crippen molar-refractivity contribution in [3.8, 4) is 0 Å².